The molecule has 0 spiro atoms. The van der Waals surface area contributed by atoms with Crippen LogP contribution in [0.3, 0.4) is 0 Å². The van der Waals surface area contributed by atoms with Crippen molar-refractivity contribution in [2.45, 2.75) is 84.8 Å². The van der Waals surface area contributed by atoms with Crippen LogP contribution in [-0.4, -0.2) is 56.2 Å². The van der Waals surface area contributed by atoms with E-state index in [1.165, 1.54) is 19.2 Å². The van der Waals surface area contributed by atoms with Crippen molar-refractivity contribution in [1.29, 1.82) is 0 Å². The minimum absolute atomic E-state index is 0.0244. The predicted octanol–water partition coefficient (Wildman–Crippen LogP) is 4.71. The second-order valence-electron chi connectivity index (χ2n) is 9.44. The predicted molar refractivity (Wildman–Crippen MR) is 138 cm³/mol. The van der Waals surface area contributed by atoms with Gasteiger partial charge < -0.3 is 34.2 Å². The lowest BCUT2D eigenvalue weighted by atomic mass is 9.86. The van der Waals surface area contributed by atoms with Crippen molar-refractivity contribution in [3.05, 3.63) is 23.8 Å². The number of carbonyl (C=O) groups is 4. The topological polar surface area (TPSA) is 150 Å². The lowest BCUT2D eigenvalue weighted by Crippen LogP contribution is -2.53. The summed E-state index contributed by atoms with van der Waals surface area (Å²) in [5, 5.41) is 0. The molecule has 11 nitrogen and oxygen atoms in total. The summed E-state index contributed by atoms with van der Waals surface area (Å²) in [5.41, 5.74) is 5.36. The monoisotopic (exact) mass is 539 g/mol. The quantitative estimate of drug-likeness (QED) is 0.187. The summed E-state index contributed by atoms with van der Waals surface area (Å²) in [7, 11) is 1.21. The van der Waals surface area contributed by atoms with Crippen LogP contribution in [0, 0.1) is 5.92 Å². The molecular weight excluding hydrogens is 498 g/mol. The fourth-order valence-corrected chi connectivity index (χ4v) is 3.48. The van der Waals surface area contributed by atoms with Gasteiger partial charge in [-0.05, 0) is 49.8 Å². The first-order valence-corrected chi connectivity index (χ1v) is 12.8. The van der Waals surface area contributed by atoms with Crippen LogP contribution >= 0.6 is 0 Å². The van der Waals surface area contributed by atoms with Gasteiger partial charge in [0.15, 0.2) is 11.5 Å². The van der Waals surface area contributed by atoms with E-state index in [4.69, 9.17) is 34.2 Å². The zero-order valence-electron chi connectivity index (χ0n) is 23.2. The normalized spacial score (nSPS) is 13.2. The van der Waals surface area contributed by atoms with E-state index in [2.05, 4.69) is 0 Å². The molecule has 0 aliphatic carbocycles. The molecule has 0 aliphatic rings. The number of esters is 2. The van der Waals surface area contributed by atoms with Crippen molar-refractivity contribution in [1.82, 2.24) is 0 Å². The summed E-state index contributed by atoms with van der Waals surface area (Å²) >= 11 is 0. The molecule has 0 saturated heterocycles. The number of nitrogens with two attached hydrogens (primary N) is 1. The molecule has 2 atom stereocenters. The van der Waals surface area contributed by atoms with Crippen LogP contribution < -0.4 is 15.2 Å². The molecule has 0 saturated carbocycles. The number of ether oxygens (including phenoxy) is 6. The van der Waals surface area contributed by atoms with Crippen LogP contribution in [0.4, 0.5) is 9.59 Å². The maximum Gasteiger partial charge on any atom is 0.513 e. The van der Waals surface area contributed by atoms with Crippen LogP contribution in [0.1, 0.15) is 72.3 Å². The molecule has 0 aliphatic heterocycles. The van der Waals surface area contributed by atoms with Crippen LogP contribution in [0.2, 0.25) is 0 Å². The smallest absolute Gasteiger partial charge is 0.468 e. The molecule has 1 aromatic carbocycles. The first kappa shape index (κ1) is 32.7. The van der Waals surface area contributed by atoms with Crippen LogP contribution in [0.5, 0.6) is 11.5 Å². The van der Waals surface area contributed by atoms with E-state index in [1.807, 2.05) is 27.7 Å². The summed E-state index contributed by atoms with van der Waals surface area (Å²) in [6.07, 6.45) is -0.608. The largest absolute Gasteiger partial charge is 0.513 e. The van der Waals surface area contributed by atoms with Gasteiger partial charge in [-0.2, -0.15) is 0 Å². The zero-order chi connectivity index (χ0) is 28.7. The van der Waals surface area contributed by atoms with Gasteiger partial charge in [-0.25, -0.2) is 9.59 Å². The molecule has 0 aromatic heterocycles. The number of rotatable bonds is 15. The van der Waals surface area contributed by atoms with Crippen molar-refractivity contribution in [2.75, 3.05) is 20.3 Å². The Kier molecular flexibility index (Phi) is 14.2. The standard InChI is InChI=1S/C27H41NO10/c1-7-13-34-25(31)37-21-11-10-20(15-22(21)38-26(32)35-14-8-2)17-27(28,24(30)33-6)16-19(5)36-23(29)12-9-18(3)4/h10-11,15,18-19H,7-9,12-14,16-17,28H2,1-6H3/t19?,27-/m1/s1. The molecule has 0 amide bonds. The summed E-state index contributed by atoms with van der Waals surface area (Å²) in [6.45, 7) is 9.59. The maximum atomic E-state index is 12.7. The Hall–Kier alpha value is -3.34. The molecule has 0 bridgehead atoms. The average molecular weight is 540 g/mol. The Morgan fingerprint density at radius 3 is 2.03 bits per heavy atom. The Labute approximate surface area is 224 Å². The summed E-state index contributed by atoms with van der Waals surface area (Å²) in [6, 6.07) is 4.34. The van der Waals surface area contributed by atoms with Gasteiger partial charge in [0.1, 0.15) is 11.6 Å². The molecule has 0 heterocycles. The highest BCUT2D eigenvalue weighted by molar-refractivity contribution is 5.81. The number of hydrogen-bond donors (Lipinski definition) is 1. The second-order valence-corrected chi connectivity index (χ2v) is 9.44. The van der Waals surface area contributed by atoms with E-state index in [0.29, 0.717) is 30.7 Å². The highest BCUT2D eigenvalue weighted by Crippen LogP contribution is 2.31. The van der Waals surface area contributed by atoms with Gasteiger partial charge in [0, 0.05) is 19.3 Å². The molecule has 1 aromatic rings. The average Bonchev–Trinajstić information content (AvgIpc) is 2.85. The first-order chi connectivity index (χ1) is 17.9. The molecule has 2 N–H and O–H groups in total. The Morgan fingerprint density at radius 1 is 0.921 bits per heavy atom. The van der Waals surface area contributed by atoms with Crippen LogP contribution in [0.25, 0.3) is 0 Å². The molecule has 0 fully saturated rings. The lowest BCUT2D eigenvalue weighted by molar-refractivity contribution is -0.155. The third-order valence-electron chi connectivity index (χ3n) is 5.26. The van der Waals surface area contributed by atoms with Gasteiger partial charge in [-0.1, -0.05) is 33.8 Å². The van der Waals surface area contributed by atoms with Crippen LogP contribution in [0.15, 0.2) is 18.2 Å². The van der Waals surface area contributed by atoms with Crippen molar-refractivity contribution < 1.29 is 47.6 Å². The third kappa shape index (κ3) is 11.8. The summed E-state index contributed by atoms with van der Waals surface area (Å²) in [4.78, 5) is 48.9. The number of hydrogen-bond acceptors (Lipinski definition) is 11. The SMILES string of the molecule is CCCOC(=O)Oc1ccc(C[C@](N)(CC(C)OC(=O)CCC(C)C)C(=O)OC)cc1OC(=O)OCCC. The van der Waals surface area contributed by atoms with E-state index in [1.54, 1.807) is 13.0 Å². The van der Waals surface area contributed by atoms with Gasteiger partial charge in [-0.3, -0.25) is 9.59 Å². The Balaban J connectivity index is 3.15. The fourth-order valence-electron chi connectivity index (χ4n) is 3.48. The van der Waals surface area contributed by atoms with Crippen molar-refractivity contribution in [3.8, 4) is 11.5 Å². The molecule has 1 unspecified atom stereocenters. The van der Waals surface area contributed by atoms with E-state index in [-0.39, 0.29) is 49.9 Å². The molecule has 214 valence electrons. The van der Waals surface area contributed by atoms with Gasteiger partial charge in [-0.15, -0.1) is 0 Å². The zero-order valence-corrected chi connectivity index (χ0v) is 23.2. The van der Waals surface area contributed by atoms with Crippen LogP contribution in [-0.2, 0) is 35.0 Å². The Morgan fingerprint density at radius 2 is 1.50 bits per heavy atom. The lowest BCUT2D eigenvalue weighted by Gasteiger charge is -2.29. The van der Waals surface area contributed by atoms with Crippen molar-refractivity contribution in [2.24, 2.45) is 11.7 Å². The van der Waals surface area contributed by atoms with Gasteiger partial charge >= 0.3 is 24.2 Å². The molecule has 0 radical (unpaired) electrons. The first-order valence-electron chi connectivity index (χ1n) is 12.8. The molecule has 1 rings (SSSR count). The number of methoxy groups -OCH3 is 1. The number of carbonyl (C=O) groups excluding carboxylic acids is 4. The van der Waals surface area contributed by atoms with E-state index >= 15 is 0 Å². The fraction of sp³-hybridized carbons (Fsp3) is 0.630. The van der Waals surface area contributed by atoms with Gasteiger partial charge in [0.05, 0.1) is 20.3 Å². The molecule has 38 heavy (non-hydrogen) atoms. The highest BCUT2D eigenvalue weighted by Gasteiger charge is 2.38. The highest BCUT2D eigenvalue weighted by atomic mass is 16.7. The van der Waals surface area contributed by atoms with Gasteiger partial charge in [0.25, 0.3) is 0 Å². The second kappa shape index (κ2) is 16.5. The summed E-state index contributed by atoms with van der Waals surface area (Å²) in [5.74, 6) is -0.960. The molecule has 11 heteroatoms. The Bertz CT molecular complexity index is 932. The van der Waals surface area contributed by atoms with E-state index in [9.17, 15) is 19.2 Å². The van der Waals surface area contributed by atoms with Crippen molar-refractivity contribution in [3.63, 3.8) is 0 Å². The van der Waals surface area contributed by atoms with Gasteiger partial charge in [0.2, 0.25) is 0 Å². The number of benzene rings is 1. The van der Waals surface area contributed by atoms with E-state index in [0.717, 1.165) is 0 Å². The minimum Gasteiger partial charge on any atom is -0.468 e. The van der Waals surface area contributed by atoms with Crippen molar-refractivity contribution >= 4 is 24.2 Å². The maximum absolute atomic E-state index is 12.7. The van der Waals surface area contributed by atoms with E-state index < -0.39 is 29.9 Å². The minimum atomic E-state index is -1.57. The third-order valence-corrected chi connectivity index (χ3v) is 5.26. The summed E-state index contributed by atoms with van der Waals surface area (Å²) < 4.78 is 30.7. The molecular formula is C27H41NO10.